The van der Waals surface area contributed by atoms with E-state index in [4.69, 9.17) is 9.47 Å². The average Bonchev–Trinajstić information content (AvgIpc) is 3.09. The Hall–Kier alpha value is -2.73. The van der Waals surface area contributed by atoms with Crippen LogP contribution in [0, 0.1) is 0 Å². The smallest absolute Gasteiger partial charge is 0.237 e. The first-order valence-electron chi connectivity index (χ1n) is 7.92. The van der Waals surface area contributed by atoms with E-state index in [1.54, 1.807) is 18.2 Å². The van der Waals surface area contributed by atoms with Crippen LogP contribution in [0.2, 0.25) is 0 Å². The van der Waals surface area contributed by atoms with Gasteiger partial charge in [0.05, 0.1) is 15.8 Å². The number of benzene rings is 2. The number of amides is 1. The number of ether oxygens (including phenoxy) is 2. The zero-order chi connectivity index (χ0) is 17.2. The number of hydrogen-bond acceptors (Lipinski definition) is 5. The van der Waals surface area contributed by atoms with Crippen molar-refractivity contribution in [3.05, 3.63) is 54.6 Å². The molecule has 1 aromatic heterocycles. The van der Waals surface area contributed by atoms with E-state index in [1.807, 2.05) is 43.3 Å². The summed E-state index contributed by atoms with van der Waals surface area (Å²) < 4.78 is 10.6. The number of nitrogens with one attached hydrogen (secondary N) is 1. The molecule has 0 aliphatic carbocycles. The standard InChI is InChI=1S/C19H16N2O3S/c1-12(25-18-9-6-13-4-2-3-5-15(13)21-18)19(22)20-14-7-8-16-17(10-14)24-11-23-16/h2-10,12H,11H2,1H3,(H,20,22). The van der Waals surface area contributed by atoms with E-state index in [-0.39, 0.29) is 18.0 Å². The normalized spacial score (nSPS) is 13.6. The molecule has 0 fully saturated rings. The molecule has 1 aliphatic rings. The van der Waals surface area contributed by atoms with Gasteiger partial charge in [0.25, 0.3) is 0 Å². The number of carbonyl (C=O) groups excluding carboxylic acids is 1. The molecule has 1 aliphatic heterocycles. The van der Waals surface area contributed by atoms with Crippen LogP contribution in [-0.4, -0.2) is 22.9 Å². The van der Waals surface area contributed by atoms with Crippen molar-refractivity contribution in [3.8, 4) is 11.5 Å². The maximum atomic E-state index is 12.4. The van der Waals surface area contributed by atoms with Gasteiger partial charge >= 0.3 is 0 Å². The summed E-state index contributed by atoms with van der Waals surface area (Å²) in [6.07, 6.45) is 0. The Morgan fingerprint density at radius 1 is 1.12 bits per heavy atom. The van der Waals surface area contributed by atoms with Crippen LogP contribution >= 0.6 is 11.8 Å². The second-order valence-electron chi connectivity index (χ2n) is 5.66. The number of fused-ring (bicyclic) bond motifs is 2. The summed E-state index contributed by atoms with van der Waals surface area (Å²) in [6, 6.07) is 17.3. The highest BCUT2D eigenvalue weighted by Crippen LogP contribution is 2.34. The minimum Gasteiger partial charge on any atom is -0.454 e. The van der Waals surface area contributed by atoms with E-state index in [9.17, 15) is 4.79 Å². The monoisotopic (exact) mass is 352 g/mol. The van der Waals surface area contributed by atoms with E-state index < -0.39 is 0 Å². The minimum absolute atomic E-state index is 0.0844. The first kappa shape index (κ1) is 15.8. The number of nitrogens with zero attached hydrogens (tertiary/aromatic N) is 1. The quantitative estimate of drug-likeness (QED) is 0.717. The number of para-hydroxylation sites is 1. The van der Waals surface area contributed by atoms with Crippen molar-refractivity contribution in [2.45, 2.75) is 17.2 Å². The van der Waals surface area contributed by atoms with E-state index in [0.29, 0.717) is 17.2 Å². The second-order valence-corrected chi connectivity index (χ2v) is 7.02. The van der Waals surface area contributed by atoms with E-state index in [0.717, 1.165) is 15.9 Å². The fourth-order valence-electron chi connectivity index (χ4n) is 2.57. The number of rotatable bonds is 4. The van der Waals surface area contributed by atoms with Gasteiger partial charge in [0, 0.05) is 17.1 Å². The Morgan fingerprint density at radius 3 is 2.88 bits per heavy atom. The molecule has 6 heteroatoms. The summed E-state index contributed by atoms with van der Waals surface area (Å²) in [6.45, 7) is 2.08. The summed E-state index contributed by atoms with van der Waals surface area (Å²) in [5.74, 6) is 1.26. The van der Waals surface area contributed by atoms with Crippen LogP contribution in [-0.2, 0) is 4.79 Å². The highest BCUT2D eigenvalue weighted by Gasteiger charge is 2.18. The van der Waals surface area contributed by atoms with Gasteiger partial charge in [0.1, 0.15) is 0 Å². The van der Waals surface area contributed by atoms with Crippen LogP contribution < -0.4 is 14.8 Å². The first-order valence-corrected chi connectivity index (χ1v) is 8.80. The first-order chi connectivity index (χ1) is 12.2. The Bertz CT molecular complexity index is 945. The van der Waals surface area contributed by atoms with Crippen LogP contribution in [0.1, 0.15) is 6.92 Å². The molecule has 0 spiro atoms. The Kier molecular flexibility index (Phi) is 4.19. The fraction of sp³-hybridized carbons (Fsp3) is 0.158. The van der Waals surface area contributed by atoms with Gasteiger partial charge < -0.3 is 14.8 Å². The summed E-state index contributed by atoms with van der Waals surface area (Å²) in [7, 11) is 0. The predicted octanol–water partition coefficient (Wildman–Crippen LogP) is 4.08. The molecule has 1 atom stereocenters. The largest absolute Gasteiger partial charge is 0.454 e. The van der Waals surface area contributed by atoms with Gasteiger partial charge in [-0.15, -0.1) is 0 Å². The molecule has 4 rings (SSSR count). The number of hydrogen-bond donors (Lipinski definition) is 1. The highest BCUT2D eigenvalue weighted by molar-refractivity contribution is 8.00. The molecule has 1 N–H and O–H groups in total. The lowest BCUT2D eigenvalue weighted by atomic mass is 10.2. The molecule has 0 saturated carbocycles. The predicted molar refractivity (Wildman–Crippen MR) is 98.3 cm³/mol. The third-order valence-electron chi connectivity index (χ3n) is 3.88. The molecule has 126 valence electrons. The lowest BCUT2D eigenvalue weighted by Gasteiger charge is -2.12. The topological polar surface area (TPSA) is 60.5 Å². The molecule has 2 aromatic carbocycles. The number of pyridine rings is 1. The van der Waals surface area contributed by atoms with E-state index in [2.05, 4.69) is 10.3 Å². The third kappa shape index (κ3) is 3.39. The molecule has 3 aromatic rings. The van der Waals surface area contributed by atoms with Gasteiger partial charge in [-0.1, -0.05) is 36.0 Å². The number of aromatic nitrogens is 1. The Balaban J connectivity index is 1.44. The van der Waals surface area contributed by atoms with Crippen molar-refractivity contribution in [1.82, 2.24) is 4.98 Å². The number of anilines is 1. The molecule has 0 saturated heterocycles. The van der Waals surface area contributed by atoms with Crippen LogP contribution in [0.25, 0.3) is 10.9 Å². The molecule has 0 bridgehead atoms. The fourth-order valence-corrected chi connectivity index (χ4v) is 3.39. The van der Waals surface area contributed by atoms with Crippen molar-refractivity contribution < 1.29 is 14.3 Å². The van der Waals surface area contributed by atoms with E-state index in [1.165, 1.54) is 11.8 Å². The molecular weight excluding hydrogens is 336 g/mol. The van der Waals surface area contributed by atoms with Gasteiger partial charge in [0.15, 0.2) is 11.5 Å². The van der Waals surface area contributed by atoms with Crippen molar-refractivity contribution >= 4 is 34.3 Å². The van der Waals surface area contributed by atoms with Gasteiger partial charge in [-0.2, -0.15) is 0 Å². The highest BCUT2D eigenvalue weighted by atomic mass is 32.2. The van der Waals surface area contributed by atoms with Crippen LogP contribution in [0.15, 0.2) is 59.6 Å². The Morgan fingerprint density at radius 2 is 1.96 bits per heavy atom. The van der Waals surface area contributed by atoms with Crippen LogP contribution in [0.3, 0.4) is 0 Å². The zero-order valence-corrected chi connectivity index (χ0v) is 14.4. The lowest BCUT2D eigenvalue weighted by Crippen LogP contribution is -2.22. The SMILES string of the molecule is CC(Sc1ccc2ccccc2n1)C(=O)Nc1ccc2c(c1)OCO2. The number of carbonyl (C=O) groups is 1. The average molecular weight is 352 g/mol. The third-order valence-corrected chi connectivity index (χ3v) is 4.92. The van der Waals surface area contributed by atoms with Crippen molar-refractivity contribution in [3.63, 3.8) is 0 Å². The molecule has 25 heavy (non-hydrogen) atoms. The molecular formula is C19H16N2O3S. The second kappa shape index (κ2) is 6.64. The van der Waals surface area contributed by atoms with Crippen LogP contribution in [0.4, 0.5) is 5.69 Å². The lowest BCUT2D eigenvalue weighted by molar-refractivity contribution is -0.115. The maximum Gasteiger partial charge on any atom is 0.237 e. The van der Waals surface area contributed by atoms with Crippen molar-refractivity contribution in [2.24, 2.45) is 0 Å². The van der Waals surface area contributed by atoms with Gasteiger partial charge in [-0.25, -0.2) is 4.98 Å². The summed E-state index contributed by atoms with van der Waals surface area (Å²) in [5.41, 5.74) is 1.61. The summed E-state index contributed by atoms with van der Waals surface area (Å²) >= 11 is 1.43. The zero-order valence-electron chi connectivity index (χ0n) is 13.6. The van der Waals surface area contributed by atoms with E-state index >= 15 is 0 Å². The van der Waals surface area contributed by atoms with Gasteiger partial charge in [0.2, 0.25) is 12.7 Å². The molecule has 0 radical (unpaired) electrons. The summed E-state index contributed by atoms with van der Waals surface area (Å²) in [4.78, 5) is 17.0. The number of thioether (sulfide) groups is 1. The molecule has 1 unspecified atom stereocenters. The van der Waals surface area contributed by atoms with Crippen molar-refractivity contribution in [2.75, 3.05) is 12.1 Å². The summed E-state index contributed by atoms with van der Waals surface area (Å²) in [5, 5.41) is 4.54. The van der Waals surface area contributed by atoms with Crippen LogP contribution in [0.5, 0.6) is 11.5 Å². The van der Waals surface area contributed by atoms with Crippen molar-refractivity contribution in [1.29, 1.82) is 0 Å². The minimum atomic E-state index is -0.279. The molecule has 5 nitrogen and oxygen atoms in total. The molecule has 2 heterocycles. The van der Waals surface area contributed by atoms with Gasteiger partial charge in [-0.05, 0) is 31.2 Å². The van der Waals surface area contributed by atoms with Gasteiger partial charge in [-0.3, -0.25) is 4.79 Å². The maximum absolute atomic E-state index is 12.4. The molecule has 1 amide bonds. The Labute approximate surface area is 149 Å².